The van der Waals surface area contributed by atoms with Crippen molar-refractivity contribution in [3.05, 3.63) is 66.5 Å². The molecule has 0 N–H and O–H groups in total. The van der Waals surface area contributed by atoms with Crippen LogP contribution in [0, 0.1) is 0 Å². The topological polar surface area (TPSA) is 12.9 Å². The van der Waals surface area contributed by atoms with Crippen LogP contribution < -0.4 is 0 Å². The highest BCUT2D eigenvalue weighted by atomic mass is 35.5. The van der Waals surface area contributed by atoms with Crippen molar-refractivity contribution in [3.63, 3.8) is 0 Å². The maximum atomic E-state index is 5.94. The normalized spacial score (nSPS) is 10.2. The van der Waals surface area contributed by atoms with Gasteiger partial charge in [-0.25, -0.2) is 0 Å². The lowest BCUT2D eigenvalue weighted by atomic mass is 10.00. The summed E-state index contributed by atoms with van der Waals surface area (Å²) in [5.74, 6) is 0.440. The van der Waals surface area contributed by atoms with E-state index < -0.39 is 0 Å². The van der Waals surface area contributed by atoms with Gasteiger partial charge in [-0.15, -0.1) is 24.0 Å². The number of nitrogens with zero attached hydrogens (tertiary/aromatic N) is 1. The standard InChI is InChI=1S/C16H12ClN.ClH/c17-10-16-14-9-5-4-8-13(14)15(11-18-16)12-6-2-1-3-7-12;/h1-9,11H,10H2;1H. The summed E-state index contributed by atoms with van der Waals surface area (Å²) in [5.41, 5.74) is 3.27. The zero-order valence-corrected chi connectivity index (χ0v) is 11.8. The van der Waals surface area contributed by atoms with Crippen LogP contribution in [0.3, 0.4) is 0 Å². The molecule has 0 amide bonds. The Labute approximate surface area is 123 Å². The van der Waals surface area contributed by atoms with Crippen LogP contribution in [0.4, 0.5) is 0 Å². The molecule has 0 atom stereocenters. The van der Waals surface area contributed by atoms with Gasteiger partial charge in [-0.2, -0.15) is 0 Å². The van der Waals surface area contributed by atoms with E-state index in [0.717, 1.165) is 16.6 Å². The molecule has 0 aliphatic carbocycles. The Hall–Kier alpha value is -1.57. The van der Waals surface area contributed by atoms with Crippen LogP contribution in [-0.4, -0.2) is 4.98 Å². The molecule has 3 aromatic rings. The molecule has 0 aliphatic rings. The summed E-state index contributed by atoms with van der Waals surface area (Å²) < 4.78 is 0. The van der Waals surface area contributed by atoms with Gasteiger partial charge in [0.25, 0.3) is 0 Å². The van der Waals surface area contributed by atoms with Crippen molar-refractivity contribution in [3.8, 4) is 11.1 Å². The van der Waals surface area contributed by atoms with Crippen LogP contribution in [0.2, 0.25) is 0 Å². The van der Waals surface area contributed by atoms with E-state index >= 15 is 0 Å². The van der Waals surface area contributed by atoms with E-state index in [-0.39, 0.29) is 12.4 Å². The van der Waals surface area contributed by atoms with Crippen molar-refractivity contribution in [2.75, 3.05) is 0 Å². The molecule has 3 rings (SSSR count). The van der Waals surface area contributed by atoms with Gasteiger partial charge < -0.3 is 0 Å². The lowest BCUT2D eigenvalue weighted by Crippen LogP contribution is -1.90. The zero-order valence-electron chi connectivity index (χ0n) is 10.2. The monoisotopic (exact) mass is 289 g/mol. The minimum atomic E-state index is 0. The second kappa shape index (κ2) is 6.05. The quantitative estimate of drug-likeness (QED) is 0.601. The summed E-state index contributed by atoms with van der Waals surface area (Å²) in [4.78, 5) is 4.47. The molecule has 0 bridgehead atoms. The second-order valence-electron chi connectivity index (χ2n) is 4.16. The highest BCUT2D eigenvalue weighted by Crippen LogP contribution is 2.29. The Morgan fingerprint density at radius 2 is 1.47 bits per heavy atom. The highest BCUT2D eigenvalue weighted by molar-refractivity contribution is 6.18. The van der Waals surface area contributed by atoms with E-state index in [0.29, 0.717) is 5.88 Å². The van der Waals surface area contributed by atoms with Crippen LogP contribution in [0.25, 0.3) is 21.9 Å². The van der Waals surface area contributed by atoms with E-state index in [2.05, 4.69) is 29.2 Å². The molecule has 0 unspecified atom stereocenters. The maximum Gasteiger partial charge on any atom is 0.0653 e. The van der Waals surface area contributed by atoms with Crippen LogP contribution in [0.1, 0.15) is 5.69 Å². The molecule has 0 saturated carbocycles. The van der Waals surface area contributed by atoms with Gasteiger partial charge in [0, 0.05) is 17.1 Å². The van der Waals surface area contributed by atoms with Gasteiger partial charge in [0.2, 0.25) is 0 Å². The van der Waals surface area contributed by atoms with Gasteiger partial charge in [-0.1, -0.05) is 54.6 Å². The number of rotatable bonds is 2. The van der Waals surface area contributed by atoms with Gasteiger partial charge in [-0.05, 0) is 10.9 Å². The van der Waals surface area contributed by atoms with Gasteiger partial charge in [-0.3, -0.25) is 4.98 Å². The predicted octanol–water partition coefficient (Wildman–Crippen LogP) is 5.06. The molecule has 0 spiro atoms. The van der Waals surface area contributed by atoms with E-state index in [9.17, 15) is 0 Å². The van der Waals surface area contributed by atoms with Crippen molar-refractivity contribution in [2.45, 2.75) is 5.88 Å². The first-order chi connectivity index (χ1) is 8.90. The molecular weight excluding hydrogens is 277 g/mol. The first-order valence-corrected chi connectivity index (χ1v) is 6.41. The smallest absolute Gasteiger partial charge is 0.0653 e. The lowest BCUT2D eigenvalue weighted by molar-refractivity contribution is 1.20. The van der Waals surface area contributed by atoms with E-state index in [1.54, 1.807) is 0 Å². The number of hydrogen-bond donors (Lipinski definition) is 0. The SMILES string of the molecule is Cl.ClCc1ncc(-c2ccccc2)c2ccccc12. The third kappa shape index (κ3) is 2.58. The van der Waals surface area contributed by atoms with Crippen LogP contribution in [-0.2, 0) is 5.88 Å². The minimum Gasteiger partial charge on any atom is -0.259 e. The highest BCUT2D eigenvalue weighted by Gasteiger charge is 2.07. The number of halogens is 2. The number of benzene rings is 2. The fourth-order valence-electron chi connectivity index (χ4n) is 2.21. The molecular formula is C16H13Cl2N. The number of fused-ring (bicyclic) bond motifs is 1. The van der Waals surface area contributed by atoms with Crippen LogP contribution in [0.5, 0.6) is 0 Å². The molecule has 1 heterocycles. The third-order valence-electron chi connectivity index (χ3n) is 3.09. The maximum absolute atomic E-state index is 5.94. The molecule has 3 heteroatoms. The number of hydrogen-bond acceptors (Lipinski definition) is 1. The van der Waals surface area contributed by atoms with E-state index in [1.807, 2.05) is 36.5 Å². The summed E-state index contributed by atoms with van der Waals surface area (Å²) >= 11 is 5.94. The lowest BCUT2D eigenvalue weighted by Gasteiger charge is -2.09. The summed E-state index contributed by atoms with van der Waals surface area (Å²) in [6, 6.07) is 18.6. The van der Waals surface area contributed by atoms with Crippen molar-refractivity contribution in [1.29, 1.82) is 0 Å². The Bertz CT molecular complexity index is 681. The minimum absolute atomic E-state index is 0. The van der Waals surface area contributed by atoms with E-state index in [4.69, 9.17) is 11.6 Å². The Kier molecular flexibility index (Phi) is 4.41. The Morgan fingerprint density at radius 3 is 2.16 bits per heavy atom. The van der Waals surface area contributed by atoms with Crippen molar-refractivity contribution in [2.24, 2.45) is 0 Å². The summed E-state index contributed by atoms with van der Waals surface area (Å²) in [6.45, 7) is 0. The zero-order chi connectivity index (χ0) is 12.4. The van der Waals surface area contributed by atoms with Gasteiger partial charge in [0.15, 0.2) is 0 Å². The van der Waals surface area contributed by atoms with Crippen LogP contribution >= 0.6 is 24.0 Å². The van der Waals surface area contributed by atoms with Gasteiger partial charge >= 0.3 is 0 Å². The fourth-order valence-corrected chi connectivity index (χ4v) is 2.42. The largest absolute Gasteiger partial charge is 0.259 e. The number of aromatic nitrogens is 1. The molecule has 0 saturated heterocycles. The Balaban J connectivity index is 0.00000133. The van der Waals surface area contributed by atoms with Crippen LogP contribution in [0.15, 0.2) is 60.8 Å². The van der Waals surface area contributed by atoms with Crippen molar-refractivity contribution >= 4 is 34.8 Å². The molecule has 1 nitrogen and oxygen atoms in total. The number of alkyl halides is 1. The first-order valence-electron chi connectivity index (χ1n) is 5.88. The van der Waals surface area contributed by atoms with Crippen molar-refractivity contribution in [1.82, 2.24) is 4.98 Å². The van der Waals surface area contributed by atoms with Crippen molar-refractivity contribution < 1.29 is 0 Å². The van der Waals surface area contributed by atoms with E-state index in [1.165, 1.54) is 10.9 Å². The second-order valence-corrected chi connectivity index (χ2v) is 4.43. The molecule has 0 fully saturated rings. The summed E-state index contributed by atoms with van der Waals surface area (Å²) in [6.07, 6.45) is 1.91. The predicted molar refractivity (Wildman–Crippen MR) is 84.0 cm³/mol. The number of pyridine rings is 1. The molecule has 2 aromatic carbocycles. The molecule has 1 aromatic heterocycles. The Morgan fingerprint density at radius 1 is 0.842 bits per heavy atom. The average Bonchev–Trinajstić information content (AvgIpc) is 2.47. The average molecular weight is 290 g/mol. The summed E-state index contributed by atoms with van der Waals surface area (Å²) in [7, 11) is 0. The van der Waals surface area contributed by atoms with Gasteiger partial charge in [0.05, 0.1) is 11.6 Å². The molecule has 96 valence electrons. The first kappa shape index (κ1) is 13.9. The van der Waals surface area contributed by atoms with Gasteiger partial charge in [0.1, 0.15) is 0 Å². The fraction of sp³-hybridized carbons (Fsp3) is 0.0625. The third-order valence-corrected chi connectivity index (χ3v) is 3.34. The summed E-state index contributed by atoms with van der Waals surface area (Å²) in [5, 5.41) is 2.34. The molecule has 0 radical (unpaired) electrons. The molecule has 0 aliphatic heterocycles. The molecule has 19 heavy (non-hydrogen) atoms.